The molecule has 0 saturated heterocycles. The Morgan fingerprint density at radius 1 is 1.24 bits per heavy atom. The molecule has 0 heterocycles. The van der Waals surface area contributed by atoms with Gasteiger partial charge in [0, 0.05) is 6.54 Å². The highest BCUT2D eigenvalue weighted by atomic mass is 32.2. The first-order valence-electron chi connectivity index (χ1n) is 6.18. The van der Waals surface area contributed by atoms with Gasteiger partial charge in [-0.2, -0.15) is 5.26 Å². The maximum Gasteiger partial charge on any atom is 0.242 e. The zero-order chi connectivity index (χ0) is 15.5. The van der Waals surface area contributed by atoms with Crippen LogP contribution in [0.25, 0.3) is 0 Å². The van der Waals surface area contributed by atoms with Crippen LogP contribution in [0.3, 0.4) is 0 Å². The van der Waals surface area contributed by atoms with E-state index in [1.807, 2.05) is 6.07 Å². The predicted molar refractivity (Wildman–Crippen MR) is 76.3 cm³/mol. The fourth-order valence-corrected chi connectivity index (χ4v) is 3.04. The first-order chi connectivity index (χ1) is 9.94. The van der Waals surface area contributed by atoms with Gasteiger partial charge in [0.1, 0.15) is 11.9 Å². The van der Waals surface area contributed by atoms with E-state index in [0.29, 0.717) is 11.1 Å². The second-order valence-corrected chi connectivity index (χ2v) is 6.25. The van der Waals surface area contributed by atoms with Gasteiger partial charge in [-0.1, -0.05) is 24.3 Å². The van der Waals surface area contributed by atoms with Crippen LogP contribution in [-0.2, 0) is 16.6 Å². The minimum absolute atomic E-state index is 0.0310. The molecule has 0 aliphatic rings. The fourth-order valence-electron chi connectivity index (χ4n) is 1.87. The molecule has 21 heavy (non-hydrogen) atoms. The number of nitrogens with one attached hydrogen (secondary N) is 1. The van der Waals surface area contributed by atoms with E-state index in [-0.39, 0.29) is 22.8 Å². The van der Waals surface area contributed by atoms with Crippen LogP contribution in [-0.4, -0.2) is 8.42 Å². The largest absolute Gasteiger partial charge is 0.242 e. The summed E-state index contributed by atoms with van der Waals surface area (Å²) in [5.74, 6) is -0.337. The molecule has 0 fully saturated rings. The number of aryl methyl sites for hydroxylation is 1. The first-order valence-corrected chi connectivity index (χ1v) is 7.66. The molecule has 0 aliphatic heterocycles. The van der Waals surface area contributed by atoms with Crippen molar-refractivity contribution in [3.05, 3.63) is 65.0 Å². The lowest BCUT2D eigenvalue weighted by Crippen LogP contribution is -2.24. The van der Waals surface area contributed by atoms with E-state index in [0.717, 1.165) is 0 Å². The van der Waals surface area contributed by atoms with Crippen LogP contribution in [0.1, 0.15) is 16.7 Å². The van der Waals surface area contributed by atoms with Gasteiger partial charge in [-0.3, -0.25) is 0 Å². The lowest BCUT2D eigenvalue weighted by atomic mass is 10.1. The van der Waals surface area contributed by atoms with Gasteiger partial charge < -0.3 is 0 Å². The van der Waals surface area contributed by atoms with Crippen LogP contribution in [0.15, 0.2) is 47.4 Å². The summed E-state index contributed by atoms with van der Waals surface area (Å²) < 4.78 is 40.0. The van der Waals surface area contributed by atoms with Crippen LogP contribution < -0.4 is 4.72 Å². The van der Waals surface area contributed by atoms with Gasteiger partial charge >= 0.3 is 0 Å². The molecule has 2 aromatic rings. The Morgan fingerprint density at radius 3 is 2.62 bits per heavy atom. The summed E-state index contributed by atoms with van der Waals surface area (Å²) in [5.41, 5.74) is 1.18. The molecule has 0 unspecified atom stereocenters. The van der Waals surface area contributed by atoms with Crippen LogP contribution in [0.2, 0.25) is 0 Å². The quantitative estimate of drug-likeness (QED) is 0.943. The molecule has 0 atom stereocenters. The zero-order valence-electron chi connectivity index (χ0n) is 11.3. The molecule has 0 spiro atoms. The fraction of sp³-hybridized carbons (Fsp3) is 0.133. The van der Waals surface area contributed by atoms with Crippen molar-refractivity contribution in [1.82, 2.24) is 4.72 Å². The molecule has 108 valence electrons. The average molecular weight is 304 g/mol. The van der Waals surface area contributed by atoms with Crippen molar-refractivity contribution >= 4 is 10.0 Å². The van der Waals surface area contributed by atoms with Gasteiger partial charge in [0.05, 0.1) is 10.5 Å². The lowest BCUT2D eigenvalue weighted by Gasteiger charge is -2.09. The molecule has 1 N–H and O–H groups in total. The number of hydrogen-bond acceptors (Lipinski definition) is 3. The summed E-state index contributed by atoms with van der Waals surface area (Å²) in [5, 5.41) is 8.95. The SMILES string of the molecule is Cc1cc(CNS(=O)(=O)c2ccccc2C#N)ccc1F. The zero-order valence-corrected chi connectivity index (χ0v) is 12.1. The van der Waals surface area contributed by atoms with Gasteiger partial charge in [0.2, 0.25) is 10.0 Å². The first kappa shape index (κ1) is 15.2. The summed E-state index contributed by atoms with van der Waals surface area (Å²) in [7, 11) is -3.79. The second-order valence-electron chi connectivity index (χ2n) is 4.52. The summed E-state index contributed by atoms with van der Waals surface area (Å²) in [6.45, 7) is 1.64. The highest BCUT2D eigenvalue weighted by Gasteiger charge is 2.17. The molecule has 0 saturated carbocycles. The van der Waals surface area contributed by atoms with Crippen LogP contribution in [0.5, 0.6) is 0 Å². The van der Waals surface area contributed by atoms with E-state index >= 15 is 0 Å². The van der Waals surface area contributed by atoms with E-state index in [2.05, 4.69) is 4.72 Å². The molecule has 2 aromatic carbocycles. The third-order valence-electron chi connectivity index (χ3n) is 2.99. The summed E-state index contributed by atoms with van der Waals surface area (Å²) >= 11 is 0. The minimum Gasteiger partial charge on any atom is -0.207 e. The Kier molecular flexibility index (Phi) is 4.36. The van der Waals surface area contributed by atoms with Gasteiger partial charge in [0.25, 0.3) is 0 Å². The summed E-state index contributed by atoms with van der Waals surface area (Å²) in [6.07, 6.45) is 0. The molecule has 0 radical (unpaired) electrons. The van der Waals surface area contributed by atoms with Gasteiger partial charge in [-0.15, -0.1) is 0 Å². The van der Waals surface area contributed by atoms with Crippen molar-refractivity contribution in [3.8, 4) is 6.07 Å². The third-order valence-corrected chi connectivity index (χ3v) is 4.45. The van der Waals surface area contributed by atoms with Crippen molar-refractivity contribution in [2.75, 3.05) is 0 Å². The van der Waals surface area contributed by atoms with E-state index < -0.39 is 10.0 Å². The van der Waals surface area contributed by atoms with Crippen molar-refractivity contribution in [1.29, 1.82) is 5.26 Å². The molecule has 0 aromatic heterocycles. The number of benzene rings is 2. The van der Waals surface area contributed by atoms with Gasteiger partial charge in [0.15, 0.2) is 0 Å². The predicted octanol–water partition coefficient (Wildman–Crippen LogP) is 2.48. The number of nitrogens with zero attached hydrogens (tertiary/aromatic N) is 1. The third kappa shape index (κ3) is 3.45. The Hall–Kier alpha value is -2.23. The number of nitriles is 1. The average Bonchev–Trinajstić information content (AvgIpc) is 2.48. The number of hydrogen-bond donors (Lipinski definition) is 1. The molecular weight excluding hydrogens is 291 g/mol. The van der Waals surface area contributed by atoms with Crippen molar-refractivity contribution in [2.24, 2.45) is 0 Å². The highest BCUT2D eigenvalue weighted by molar-refractivity contribution is 7.89. The Labute approximate surface area is 122 Å². The van der Waals surface area contributed by atoms with Gasteiger partial charge in [-0.05, 0) is 36.2 Å². The number of sulfonamides is 1. The monoisotopic (exact) mass is 304 g/mol. The van der Waals surface area contributed by atoms with Crippen LogP contribution >= 0.6 is 0 Å². The molecular formula is C15H13FN2O2S. The molecule has 4 nitrogen and oxygen atoms in total. The smallest absolute Gasteiger partial charge is 0.207 e. The molecule has 0 bridgehead atoms. The van der Waals surface area contributed by atoms with E-state index in [1.54, 1.807) is 25.1 Å². The maximum atomic E-state index is 13.2. The molecule has 6 heteroatoms. The normalized spacial score (nSPS) is 11.1. The van der Waals surface area contributed by atoms with E-state index in [4.69, 9.17) is 5.26 Å². The minimum atomic E-state index is -3.79. The highest BCUT2D eigenvalue weighted by Crippen LogP contribution is 2.15. The van der Waals surface area contributed by atoms with E-state index in [9.17, 15) is 12.8 Å². The Bertz CT molecular complexity index is 811. The summed E-state index contributed by atoms with van der Waals surface area (Å²) in [4.78, 5) is -0.0636. The molecule has 0 aliphatic carbocycles. The maximum absolute atomic E-state index is 13.2. The van der Waals surface area contributed by atoms with E-state index in [1.165, 1.54) is 24.3 Å². The number of halogens is 1. The lowest BCUT2D eigenvalue weighted by molar-refractivity contribution is 0.581. The molecule has 0 amide bonds. The van der Waals surface area contributed by atoms with Crippen LogP contribution in [0.4, 0.5) is 4.39 Å². The van der Waals surface area contributed by atoms with Crippen LogP contribution in [0, 0.1) is 24.1 Å². The summed E-state index contributed by atoms with van der Waals surface area (Å²) in [6, 6.07) is 12.2. The van der Waals surface area contributed by atoms with Crippen molar-refractivity contribution in [3.63, 3.8) is 0 Å². The van der Waals surface area contributed by atoms with Crippen molar-refractivity contribution in [2.45, 2.75) is 18.4 Å². The Morgan fingerprint density at radius 2 is 1.95 bits per heavy atom. The number of rotatable bonds is 4. The second kappa shape index (κ2) is 6.04. The van der Waals surface area contributed by atoms with Gasteiger partial charge in [-0.25, -0.2) is 17.5 Å². The molecule has 2 rings (SSSR count). The topological polar surface area (TPSA) is 70.0 Å². The Balaban J connectivity index is 2.22. The van der Waals surface area contributed by atoms with Crippen molar-refractivity contribution < 1.29 is 12.8 Å². The standard InChI is InChI=1S/C15H13FN2O2S/c1-11-8-12(6-7-14(11)16)10-18-21(19,20)15-5-3-2-4-13(15)9-17/h2-8,18H,10H2,1H3.